The normalized spacial score (nSPS) is 17.7. The van der Waals surface area contributed by atoms with Crippen molar-refractivity contribution >= 4 is 32.9 Å². The Morgan fingerprint density at radius 2 is 2.00 bits per heavy atom. The third kappa shape index (κ3) is 4.62. The minimum absolute atomic E-state index is 0.0275. The molecule has 1 atom stereocenters. The second-order valence-corrected chi connectivity index (χ2v) is 8.32. The highest BCUT2D eigenvalue weighted by atomic mass is 32.2. The van der Waals surface area contributed by atoms with Crippen LogP contribution in [-0.2, 0) is 16.4 Å². The second-order valence-electron chi connectivity index (χ2n) is 6.00. The van der Waals surface area contributed by atoms with Gasteiger partial charge in [-0.25, -0.2) is 8.42 Å². The van der Waals surface area contributed by atoms with Crippen molar-refractivity contribution in [3.8, 4) is 5.75 Å². The Hall–Kier alpha value is -2.38. The topological polar surface area (TPSA) is 58.6 Å². The number of nitrogens with one attached hydrogen (secondary N) is 1. The number of hydrogen-bond donors (Lipinski definition) is 1. The summed E-state index contributed by atoms with van der Waals surface area (Å²) in [5.74, 6) is 0.746. The van der Waals surface area contributed by atoms with Gasteiger partial charge in [0.15, 0.2) is 14.9 Å². The van der Waals surface area contributed by atoms with Crippen molar-refractivity contribution in [1.82, 2.24) is 4.90 Å². The summed E-state index contributed by atoms with van der Waals surface area (Å²) in [6.07, 6.45) is 1.69. The first-order chi connectivity index (χ1) is 12.5. The van der Waals surface area contributed by atoms with Crippen LogP contribution < -0.4 is 10.1 Å². The Kier molecular flexibility index (Phi) is 5.58. The van der Waals surface area contributed by atoms with E-state index in [0.717, 1.165) is 17.0 Å². The highest BCUT2D eigenvalue weighted by Crippen LogP contribution is 2.21. The van der Waals surface area contributed by atoms with Gasteiger partial charge >= 0.3 is 0 Å². The summed E-state index contributed by atoms with van der Waals surface area (Å²) in [5, 5.41) is 4.92. The molecule has 136 valence electrons. The number of nitrogens with zero attached hydrogens (tertiary/aromatic N) is 1. The third-order valence-corrected chi connectivity index (χ3v) is 5.80. The van der Waals surface area contributed by atoms with E-state index in [1.54, 1.807) is 13.2 Å². The van der Waals surface area contributed by atoms with Gasteiger partial charge in [0.05, 0.1) is 18.9 Å². The Balaban J connectivity index is 1.82. The lowest BCUT2D eigenvalue weighted by Gasteiger charge is -2.30. The van der Waals surface area contributed by atoms with Gasteiger partial charge < -0.3 is 15.0 Å². The van der Waals surface area contributed by atoms with Crippen molar-refractivity contribution in [1.29, 1.82) is 0 Å². The van der Waals surface area contributed by atoms with Crippen LogP contribution in [0.5, 0.6) is 5.75 Å². The first-order valence-electron chi connectivity index (χ1n) is 8.13. The molecule has 0 spiro atoms. The summed E-state index contributed by atoms with van der Waals surface area (Å²) in [6, 6.07) is 17.0. The van der Waals surface area contributed by atoms with Crippen molar-refractivity contribution in [2.45, 2.75) is 12.6 Å². The molecular weight excluding hydrogens is 368 g/mol. The number of ether oxygens (including phenoxy) is 1. The van der Waals surface area contributed by atoms with Crippen molar-refractivity contribution in [2.24, 2.45) is 0 Å². The van der Waals surface area contributed by atoms with Crippen LogP contribution in [0, 0.1) is 0 Å². The molecular formula is C19H20N2O3S2. The largest absolute Gasteiger partial charge is 0.497 e. The third-order valence-electron chi connectivity index (χ3n) is 4.09. The van der Waals surface area contributed by atoms with Crippen LogP contribution in [0.4, 0.5) is 5.69 Å². The zero-order chi connectivity index (χ0) is 18.6. The first kappa shape index (κ1) is 18.4. The summed E-state index contributed by atoms with van der Waals surface area (Å²) in [5.41, 5.74) is 1.84. The molecule has 26 heavy (non-hydrogen) atoms. The van der Waals surface area contributed by atoms with Gasteiger partial charge in [-0.3, -0.25) is 0 Å². The monoisotopic (exact) mass is 388 g/mol. The standard InChI is InChI=1S/C19H20N2O3S2/c1-24-18-9-5-8-16(12-18)20-19(25)21(13-15-6-3-2-4-7-15)17-10-11-26(22,23)14-17/h2-12,17H,13-14H2,1H3,(H,20,25)/t17-/m1/s1. The molecule has 0 radical (unpaired) electrons. The molecule has 1 aliphatic rings. The summed E-state index contributed by atoms with van der Waals surface area (Å²) in [6.45, 7) is 0.515. The lowest BCUT2D eigenvalue weighted by Crippen LogP contribution is -2.42. The van der Waals surface area contributed by atoms with Crippen molar-refractivity contribution in [2.75, 3.05) is 18.2 Å². The number of rotatable bonds is 5. The van der Waals surface area contributed by atoms with Crippen LogP contribution in [0.25, 0.3) is 0 Å². The fraction of sp³-hybridized carbons (Fsp3) is 0.211. The van der Waals surface area contributed by atoms with Crippen LogP contribution in [0.1, 0.15) is 5.56 Å². The molecule has 2 aromatic rings. The van der Waals surface area contributed by atoms with Crippen molar-refractivity contribution in [3.63, 3.8) is 0 Å². The molecule has 1 aliphatic heterocycles. The molecule has 0 saturated heterocycles. The average Bonchev–Trinajstić information content (AvgIpc) is 3.00. The molecule has 0 fully saturated rings. The van der Waals surface area contributed by atoms with Gasteiger partial charge in [0.1, 0.15) is 5.75 Å². The number of hydrogen-bond acceptors (Lipinski definition) is 4. The maximum Gasteiger partial charge on any atom is 0.174 e. The molecule has 0 bridgehead atoms. The molecule has 1 N–H and O–H groups in total. The number of anilines is 1. The molecule has 0 aliphatic carbocycles. The summed E-state index contributed by atoms with van der Waals surface area (Å²) < 4.78 is 29.0. The lowest BCUT2D eigenvalue weighted by atomic mass is 10.2. The summed E-state index contributed by atoms with van der Waals surface area (Å²) in [7, 11) is -1.57. The molecule has 0 saturated carbocycles. The van der Waals surface area contributed by atoms with E-state index in [9.17, 15) is 8.42 Å². The molecule has 7 heteroatoms. The number of methoxy groups -OCH3 is 1. The molecule has 2 aromatic carbocycles. The van der Waals surface area contributed by atoms with Crippen molar-refractivity contribution in [3.05, 3.63) is 71.6 Å². The highest BCUT2D eigenvalue weighted by molar-refractivity contribution is 7.94. The van der Waals surface area contributed by atoms with E-state index in [2.05, 4.69) is 5.32 Å². The van der Waals surface area contributed by atoms with E-state index in [1.165, 1.54) is 5.41 Å². The van der Waals surface area contributed by atoms with E-state index < -0.39 is 9.84 Å². The minimum atomic E-state index is -3.18. The molecule has 1 heterocycles. The Morgan fingerprint density at radius 3 is 2.65 bits per heavy atom. The SMILES string of the molecule is COc1cccc(NC(=S)N(Cc2ccccc2)[C@@H]2C=CS(=O)(=O)C2)c1. The Bertz CT molecular complexity index is 911. The molecule has 0 unspecified atom stereocenters. The Labute approximate surface area is 159 Å². The predicted octanol–water partition coefficient (Wildman–Crippen LogP) is 3.20. The van der Waals surface area contributed by atoms with Crippen molar-refractivity contribution < 1.29 is 13.2 Å². The number of sulfone groups is 1. The quantitative estimate of drug-likeness (QED) is 0.794. The van der Waals surface area contributed by atoms with E-state index >= 15 is 0 Å². The van der Waals surface area contributed by atoms with Gasteiger partial charge in [0.25, 0.3) is 0 Å². The second kappa shape index (κ2) is 7.88. The predicted molar refractivity (Wildman–Crippen MR) is 108 cm³/mol. The lowest BCUT2D eigenvalue weighted by molar-refractivity contribution is 0.380. The number of benzene rings is 2. The molecule has 3 rings (SSSR count). The Morgan fingerprint density at radius 1 is 1.23 bits per heavy atom. The fourth-order valence-corrected chi connectivity index (χ4v) is 4.39. The maximum absolute atomic E-state index is 11.9. The zero-order valence-electron chi connectivity index (χ0n) is 14.3. The van der Waals surface area contributed by atoms with Gasteiger partial charge in [-0.15, -0.1) is 0 Å². The van der Waals surface area contributed by atoms with E-state index in [0.29, 0.717) is 11.7 Å². The summed E-state index contributed by atoms with van der Waals surface area (Å²) in [4.78, 5) is 1.89. The summed E-state index contributed by atoms with van der Waals surface area (Å²) >= 11 is 5.59. The zero-order valence-corrected chi connectivity index (χ0v) is 16.0. The van der Waals surface area contributed by atoms with E-state index in [1.807, 2.05) is 59.5 Å². The average molecular weight is 389 g/mol. The number of thiocarbonyl (C=S) groups is 1. The van der Waals surface area contributed by atoms with E-state index in [4.69, 9.17) is 17.0 Å². The fourth-order valence-electron chi connectivity index (χ4n) is 2.77. The van der Waals surface area contributed by atoms with Crippen LogP contribution in [0.15, 0.2) is 66.1 Å². The van der Waals surface area contributed by atoms with Gasteiger partial charge in [-0.1, -0.05) is 36.4 Å². The maximum atomic E-state index is 11.9. The van der Waals surface area contributed by atoms with E-state index in [-0.39, 0.29) is 11.8 Å². The van der Waals surface area contributed by atoms with Gasteiger partial charge in [-0.2, -0.15) is 0 Å². The minimum Gasteiger partial charge on any atom is -0.497 e. The van der Waals surface area contributed by atoms with Crippen LogP contribution in [-0.4, -0.2) is 37.3 Å². The van der Waals surface area contributed by atoms with Gasteiger partial charge in [0.2, 0.25) is 0 Å². The first-order valence-corrected chi connectivity index (χ1v) is 10.3. The van der Waals surface area contributed by atoms with Crippen LogP contribution in [0.2, 0.25) is 0 Å². The smallest absolute Gasteiger partial charge is 0.174 e. The molecule has 5 nitrogen and oxygen atoms in total. The van der Waals surface area contributed by atoms with Gasteiger partial charge in [-0.05, 0) is 36.0 Å². The van der Waals surface area contributed by atoms with Crippen LogP contribution in [0.3, 0.4) is 0 Å². The van der Waals surface area contributed by atoms with Crippen LogP contribution >= 0.6 is 12.2 Å². The molecule has 0 aromatic heterocycles. The molecule has 0 amide bonds. The van der Waals surface area contributed by atoms with Gasteiger partial charge in [0, 0.05) is 23.7 Å². The highest BCUT2D eigenvalue weighted by Gasteiger charge is 2.29.